The summed E-state index contributed by atoms with van der Waals surface area (Å²) in [5.74, 6) is -0.761. The summed E-state index contributed by atoms with van der Waals surface area (Å²) in [6.45, 7) is 6.05. The third-order valence-electron chi connectivity index (χ3n) is 4.71. The number of benzene rings is 1. The molecule has 1 aliphatic carbocycles. The fraction of sp³-hybridized carbons (Fsp3) is 0.562. The molecule has 4 nitrogen and oxygen atoms in total. The molecule has 2 atom stereocenters. The molecule has 0 bridgehead atoms. The predicted octanol–water partition coefficient (Wildman–Crippen LogP) is 1.98. The van der Waals surface area contributed by atoms with Crippen molar-refractivity contribution in [3.8, 4) is 0 Å². The Morgan fingerprint density at radius 2 is 1.95 bits per heavy atom. The topological polar surface area (TPSA) is 43.8 Å². The van der Waals surface area contributed by atoms with Gasteiger partial charge in [-0.3, -0.25) is 9.69 Å². The van der Waals surface area contributed by atoms with Crippen LogP contribution >= 0.6 is 0 Å². The van der Waals surface area contributed by atoms with E-state index < -0.39 is 5.97 Å². The lowest BCUT2D eigenvalue weighted by atomic mass is 9.78. The zero-order valence-corrected chi connectivity index (χ0v) is 12.0. The first-order valence-corrected chi connectivity index (χ1v) is 7.43. The van der Waals surface area contributed by atoms with Crippen molar-refractivity contribution in [1.29, 1.82) is 0 Å². The SMILES string of the molecule is Cc1cccc(N2CCN(C3CCC3C(=O)O)CC2)c1. The number of rotatable bonds is 3. The van der Waals surface area contributed by atoms with E-state index in [1.165, 1.54) is 11.3 Å². The minimum Gasteiger partial charge on any atom is -0.481 e. The van der Waals surface area contributed by atoms with Gasteiger partial charge in [-0.1, -0.05) is 12.1 Å². The van der Waals surface area contributed by atoms with Gasteiger partial charge in [0.05, 0.1) is 5.92 Å². The number of aryl methyl sites for hydroxylation is 1. The molecule has 0 spiro atoms. The molecule has 3 rings (SSSR count). The highest BCUT2D eigenvalue weighted by Crippen LogP contribution is 2.33. The molecule has 2 fully saturated rings. The van der Waals surface area contributed by atoms with Crippen molar-refractivity contribution >= 4 is 11.7 Å². The van der Waals surface area contributed by atoms with Crippen LogP contribution in [0.15, 0.2) is 24.3 Å². The predicted molar refractivity (Wildman–Crippen MR) is 79.1 cm³/mol. The molecule has 20 heavy (non-hydrogen) atoms. The van der Waals surface area contributed by atoms with E-state index in [0.717, 1.165) is 39.0 Å². The largest absolute Gasteiger partial charge is 0.481 e. The lowest BCUT2D eigenvalue weighted by Gasteiger charge is -2.46. The second-order valence-electron chi connectivity index (χ2n) is 5.95. The van der Waals surface area contributed by atoms with Crippen LogP contribution in [0.25, 0.3) is 0 Å². The van der Waals surface area contributed by atoms with Crippen molar-refractivity contribution in [2.45, 2.75) is 25.8 Å². The van der Waals surface area contributed by atoms with Gasteiger partial charge in [-0.25, -0.2) is 0 Å². The molecule has 1 aromatic rings. The van der Waals surface area contributed by atoms with Gasteiger partial charge < -0.3 is 10.0 Å². The number of carbonyl (C=O) groups is 1. The molecule has 108 valence electrons. The molecule has 0 amide bonds. The van der Waals surface area contributed by atoms with Gasteiger partial charge in [0.1, 0.15) is 0 Å². The number of nitrogens with zero attached hydrogens (tertiary/aromatic N) is 2. The molecule has 1 saturated heterocycles. The van der Waals surface area contributed by atoms with Crippen LogP contribution in [0.4, 0.5) is 5.69 Å². The summed E-state index contributed by atoms with van der Waals surface area (Å²) < 4.78 is 0. The van der Waals surface area contributed by atoms with E-state index >= 15 is 0 Å². The first-order chi connectivity index (χ1) is 9.65. The van der Waals surface area contributed by atoms with Gasteiger partial charge in [0.2, 0.25) is 0 Å². The molecule has 0 aromatic heterocycles. The molecule has 2 unspecified atom stereocenters. The van der Waals surface area contributed by atoms with Crippen molar-refractivity contribution in [2.75, 3.05) is 31.1 Å². The number of hydrogen-bond donors (Lipinski definition) is 1. The summed E-state index contributed by atoms with van der Waals surface area (Å²) in [4.78, 5) is 15.9. The summed E-state index contributed by atoms with van der Waals surface area (Å²) in [7, 11) is 0. The number of aliphatic carboxylic acids is 1. The number of carboxylic acids is 1. The Bertz CT molecular complexity index is 495. The van der Waals surface area contributed by atoms with E-state index in [2.05, 4.69) is 41.0 Å². The monoisotopic (exact) mass is 274 g/mol. The highest BCUT2D eigenvalue weighted by atomic mass is 16.4. The van der Waals surface area contributed by atoms with Gasteiger partial charge in [0, 0.05) is 37.9 Å². The molecule has 2 aliphatic rings. The lowest BCUT2D eigenvalue weighted by molar-refractivity contribution is -0.149. The smallest absolute Gasteiger partial charge is 0.308 e. The van der Waals surface area contributed by atoms with E-state index in [4.69, 9.17) is 5.11 Å². The van der Waals surface area contributed by atoms with Crippen LogP contribution in [0, 0.1) is 12.8 Å². The average molecular weight is 274 g/mol. The molecule has 1 N–H and O–H groups in total. The van der Waals surface area contributed by atoms with Crippen LogP contribution in [0.2, 0.25) is 0 Å². The van der Waals surface area contributed by atoms with E-state index in [0.29, 0.717) is 0 Å². The first-order valence-electron chi connectivity index (χ1n) is 7.43. The quantitative estimate of drug-likeness (QED) is 0.915. The molecular formula is C16H22N2O2. The zero-order valence-electron chi connectivity index (χ0n) is 12.0. The van der Waals surface area contributed by atoms with Gasteiger partial charge in [-0.15, -0.1) is 0 Å². The minimum absolute atomic E-state index is 0.138. The standard InChI is InChI=1S/C16H22N2O2/c1-12-3-2-4-13(11-12)17-7-9-18(10-8-17)15-6-5-14(15)16(19)20/h2-4,11,14-15H,5-10H2,1H3,(H,19,20). The van der Waals surface area contributed by atoms with Crippen LogP contribution in [-0.4, -0.2) is 48.2 Å². The van der Waals surface area contributed by atoms with Crippen molar-refractivity contribution < 1.29 is 9.90 Å². The molecule has 1 aromatic carbocycles. The Kier molecular flexibility index (Phi) is 3.66. The maximum absolute atomic E-state index is 11.1. The van der Waals surface area contributed by atoms with Crippen molar-refractivity contribution in [2.24, 2.45) is 5.92 Å². The van der Waals surface area contributed by atoms with Crippen LogP contribution in [-0.2, 0) is 4.79 Å². The third-order valence-corrected chi connectivity index (χ3v) is 4.71. The van der Waals surface area contributed by atoms with E-state index in [1.54, 1.807) is 0 Å². The molecule has 1 saturated carbocycles. The fourth-order valence-corrected chi connectivity index (χ4v) is 3.34. The van der Waals surface area contributed by atoms with E-state index in [1.807, 2.05) is 0 Å². The Morgan fingerprint density at radius 3 is 2.50 bits per heavy atom. The number of carboxylic acid groups (broad SMARTS) is 1. The van der Waals surface area contributed by atoms with Crippen LogP contribution < -0.4 is 4.90 Å². The number of piperazine rings is 1. The van der Waals surface area contributed by atoms with E-state index in [-0.39, 0.29) is 12.0 Å². The summed E-state index contributed by atoms with van der Waals surface area (Å²) in [5, 5.41) is 9.16. The molecule has 4 heteroatoms. The minimum atomic E-state index is -0.623. The summed E-state index contributed by atoms with van der Waals surface area (Å²) in [6, 6.07) is 8.87. The summed E-state index contributed by atoms with van der Waals surface area (Å²) in [6.07, 6.45) is 1.89. The van der Waals surface area contributed by atoms with Crippen LogP contribution in [0.3, 0.4) is 0 Å². The van der Waals surface area contributed by atoms with Crippen LogP contribution in [0.1, 0.15) is 18.4 Å². The Hall–Kier alpha value is -1.55. The van der Waals surface area contributed by atoms with Crippen molar-refractivity contribution in [3.63, 3.8) is 0 Å². The average Bonchev–Trinajstić information content (AvgIpc) is 2.37. The van der Waals surface area contributed by atoms with Crippen molar-refractivity contribution in [3.05, 3.63) is 29.8 Å². The normalized spacial score (nSPS) is 27.1. The van der Waals surface area contributed by atoms with Gasteiger partial charge in [0.15, 0.2) is 0 Å². The molecule has 0 radical (unpaired) electrons. The zero-order chi connectivity index (χ0) is 14.1. The highest BCUT2D eigenvalue weighted by molar-refractivity contribution is 5.72. The second kappa shape index (κ2) is 5.44. The maximum atomic E-state index is 11.1. The molecular weight excluding hydrogens is 252 g/mol. The van der Waals surface area contributed by atoms with Gasteiger partial charge in [0.25, 0.3) is 0 Å². The maximum Gasteiger partial charge on any atom is 0.308 e. The summed E-state index contributed by atoms with van der Waals surface area (Å²) in [5.41, 5.74) is 2.57. The second-order valence-corrected chi connectivity index (χ2v) is 5.95. The number of anilines is 1. The highest BCUT2D eigenvalue weighted by Gasteiger charge is 2.41. The van der Waals surface area contributed by atoms with Crippen LogP contribution in [0.5, 0.6) is 0 Å². The van der Waals surface area contributed by atoms with Gasteiger partial charge in [-0.05, 0) is 37.5 Å². The van der Waals surface area contributed by atoms with Gasteiger partial charge in [-0.2, -0.15) is 0 Å². The first kappa shape index (κ1) is 13.4. The summed E-state index contributed by atoms with van der Waals surface area (Å²) >= 11 is 0. The Balaban J connectivity index is 1.58. The van der Waals surface area contributed by atoms with E-state index in [9.17, 15) is 4.79 Å². The Labute approximate surface area is 120 Å². The molecule has 1 heterocycles. The number of hydrogen-bond acceptors (Lipinski definition) is 3. The Morgan fingerprint density at radius 1 is 1.20 bits per heavy atom. The fourth-order valence-electron chi connectivity index (χ4n) is 3.34. The van der Waals surface area contributed by atoms with Gasteiger partial charge >= 0.3 is 5.97 Å². The third kappa shape index (κ3) is 2.52. The van der Waals surface area contributed by atoms with Crippen molar-refractivity contribution in [1.82, 2.24) is 4.90 Å². The molecule has 1 aliphatic heterocycles. The lowest BCUT2D eigenvalue weighted by Crippen LogP contribution is -2.57.